The van der Waals surface area contributed by atoms with E-state index in [2.05, 4.69) is 27.6 Å². The first-order valence-electron chi connectivity index (χ1n) is 8.90. The Morgan fingerprint density at radius 1 is 0.786 bits per heavy atom. The van der Waals surface area contributed by atoms with Gasteiger partial charge in [-0.1, -0.05) is 30.3 Å². The minimum Gasteiger partial charge on any atom is -0.264 e. The highest BCUT2D eigenvalue weighted by Gasteiger charge is 2.19. The molecule has 0 unspecified atom stereocenters. The number of hydrogen-bond acceptors (Lipinski definition) is 4. The van der Waals surface area contributed by atoms with Crippen molar-refractivity contribution in [2.45, 2.75) is 0 Å². The molecule has 0 aliphatic carbocycles. The van der Waals surface area contributed by atoms with Gasteiger partial charge in [0.2, 0.25) is 0 Å². The predicted molar refractivity (Wildman–Crippen MR) is 110 cm³/mol. The fourth-order valence-electron chi connectivity index (χ4n) is 3.33. The van der Waals surface area contributed by atoms with Gasteiger partial charge < -0.3 is 0 Å². The second kappa shape index (κ2) is 6.70. The van der Waals surface area contributed by atoms with Crippen molar-refractivity contribution >= 4 is 28.0 Å². The van der Waals surface area contributed by atoms with Crippen LogP contribution in [0.1, 0.15) is 16.7 Å². The van der Waals surface area contributed by atoms with Crippen LogP contribution in [-0.4, -0.2) is 16.5 Å². The van der Waals surface area contributed by atoms with Gasteiger partial charge in [0.15, 0.2) is 5.84 Å². The summed E-state index contributed by atoms with van der Waals surface area (Å²) in [6, 6.07) is 22.3. The van der Waals surface area contributed by atoms with Crippen molar-refractivity contribution in [2.24, 2.45) is 10.1 Å². The van der Waals surface area contributed by atoms with E-state index in [-0.39, 0.29) is 5.82 Å². The van der Waals surface area contributed by atoms with Gasteiger partial charge in [-0.15, -0.1) is 0 Å². The standard InChI is InChI=1S/C23H15FN4/c24-18-10-7-16(8-11-18)23-26-22-19-6-2-1-4-15(19)9-12-20(22)21(27-28-23)17-5-3-13-25-14-17/h1-14H,(H,26,28). The third kappa shape index (κ3) is 2.83. The van der Waals surface area contributed by atoms with E-state index in [0.717, 1.165) is 38.9 Å². The number of aliphatic imine (C=N–C) groups is 1. The van der Waals surface area contributed by atoms with Crippen molar-refractivity contribution in [1.82, 2.24) is 10.4 Å². The Kier molecular flexibility index (Phi) is 3.91. The van der Waals surface area contributed by atoms with Crippen LogP contribution in [0.3, 0.4) is 0 Å². The summed E-state index contributed by atoms with van der Waals surface area (Å²) in [6.45, 7) is 0. The fourth-order valence-corrected chi connectivity index (χ4v) is 3.33. The van der Waals surface area contributed by atoms with Gasteiger partial charge in [-0.05, 0) is 47.9 Å². The van der Waals surface area contributed by atoms with Crippen LogP contribution in [0.15, 0.2) is 95.3 Å². The Balaban J connectivity index is 1.77. The number of fused-ring (bicyclic) bond motifs is 3. The summed E-state index contributed by atoms with van der Waals surface area (Å²) in [6.07, 6.45) is 3.51. The smallest absolute Gasteiger partial charge is 0.154 e. The molecule has 5 heteroatoms. The van der Waals surface area contributed by atoms with Crippen LogP contribution in [-0.2, 0) is 0 Å². The molecule has 0 amide bonds. The van der Waals surface area contributed by atoms with E-state index in [1.807, 2.05) is 36.4 Å². The Morgan fingerprint density at radius 3 is 2.46 bits per heavy atom. The number of benzene rings is 3. The summed E-state index contributed by atoms with van der Waals surface area (Å²) in [7, 11) is 0. The van der Waals surface area contributed by atoms with Crippen molar-refractivity contribution in [3.63, 3.8) is 0 Å². The minimum absolute atomic E-state index is 0.289. The average Bonchev–Trinajstić information content (AvgIpc) is 2.95. The maximum absolute atomic E-state index is 13.4. The lowest BCUT2D eigenvalue weighted by atomic mass is 9.97. The largest absolute Gasteiger partial charge is 0.264 e. The third-order valence-electron chi connectivity index (χ3n) is 4.71. The van der Waals surface area contributed by atoms with Crippen molar-refractivity contribution in [3.8, 4) is 0 Å². The monoisotopic (exact) mass is 366 g/mol. The number of nitrogens with zero attached hydrogens (tertiary/aromatic N) is 3. The van der Waals surface area contributed by atoms with Crippen LogP contribution in [0.4, 0.5) is 10.1 Å². The van der Waals surface area contributed by atoms with E-state index in [1.165, 1.54) is 12.1 Å². The maximum atomic E-state index is 13.4. The van der Waals surface area contributed by atoms with Gasteiger partial charge in [-0.3, -0.25) is 10.4 Å². The Bertz CT molecular complexity index is 1230. The van der Waals surface area contributed by atoms with E-state index >= 15 is 0 Å². The molecule has 4 nitrogen and oxygen atoms in total. The lowest BCUT2D eigenvalue weighted by Crippen LogP contribution is -2.19. The van der Waals surface area contributed by atoms with Crippen molar-refractivity contribution in [2.75, 3.05) is 0 Å². The molecule has 5 rings (SSSR count). The van der Waals surface area contributed by atoms with E-state index in [4.69, 9.17) is 4.99 Å². The van der Waals surface area contributed by atoms with Crippen LogP contribution in [0.25, 0.3) is 10.8 Å². The number of hydrazone groups is 1. The van der Waals surface area contributed by atoms with Crippen LogP contribution in [0, 0.1) is 5.82 Å². The zero-order valence-corrected chi connectivity index (χ0v) is 14.8. The zero-order valence-electron chi connectivity index (χ0n) is 14.8. The fraction of sp³-hybridized carbons (Fsp3) is 0. The first-order valence-corrected chi connectivity index (χ1v) is 8.90. The van der Waals surface area contributed by atoms with E-state index in [0.29, 0.717) is 5.84 Å². The summed E-state index contributed by atoms with van der Waals surface area (Å²) in [5, 5.41) is 6.75. The Hall–Kier alpha value is -3.86. The van der Waals surface area contributed by atoms with Gasteiger partial charge >= 0.3 is 0 Å². The molecule has 1 aromatic heterocycles. The van der Waals surface area contributed by atoms with Gasteiger partial charge in [-0.2, -0.15) is 5.10 Å². The molecule has 1 aliphatic rings. The topological polar surface area (TPSA) is 49.6 Å². The lowest BCUT2D eigenvalue weighted by Gasteiger charge is -2.10. The van der Waals surface area contributed by atoms with Gasteiger partial charge in [-0.25, -0.2) is 9.38 Å². The summed E-state index contributed by atoms with van der Waals surface area (Å²) < 4.78 is 13.4. The van der Waals surface area contributed by atoms with Gasteiger partial charge in [0, 0.05) is 34.5 Å². The molecule has 0 atom stereocenters. The molecule has 2 heterocycles. The van der Waals surface area contributed by atoms with E-state index < -0.39 is 0 Å². The van der Waals surface area contributed by atoms with Crippen molar-refractivity contribution in [1.29, 1.82) is 0 Å². The second-order valence-corrected chi connectivity index (χ2v) is 6.46. The van der Waals surface area contributed by atoms with Gasteiger partial charge in [0.1, 0.15) is 11.5 Å². The molecule has 3 aromatic carbocycles. The number of nitrogens with one attached hydrogen (secondary N) is 1. The van der Waals surface area contributed by atoms with E-state index in [9.17, 15) is 4.39 Å². The lowest BCUT2D eigenvalue weighted by molar-refractivity contribution is 0.627. The molecule has 28 heavy (non-hydrogen) atoms. The molecule has 0 radical (unpaired) electrons. The van der Waals surface area contributed by atoms with Crippen LogP contribution < -0.4 is 5.43 Å². The summed E-state index contributed by atoms with van der Waals surface area (Å²) in [4.78, 5) is 9.12. The number of amidine groups is 1. The predicted octanol–water partition coefficient (Wildman–Crippen LogP) is 4.81. The summed E-state index contributed by atoms with van der Waals surface area (Å²) in [5.41, 5.74) is 7.21. The number of hydrogen-bond donors (Lipinski definition) is 1. The molecule has 4 aromatic rings. The first-order chi connectivity index (χ1) is 13.8. The highest BCUT2D eigenvalue weighted by molar-refractivity contribution is 6.21. The number of pyridine rings is 1. The number of rotatable bonds is 2. The third-order valence-corrected chi connectivity index (χ3v) is 4.71. The summed E-state index contributed by atoms with van der Waals surface area (Å²) in [5.74, 6) is 0.278. The molecule has 1 N–H and O–H groups in total. The Labute approximate surface area is 161 Å². The SMILES string of the molecule is Fc1ccc(C2=Nc3c(ccc4ccccc34)C(c3cccnc3)=NN2)cc1. The molecule has 134 valence electrons. The van der Waals surface area contributed by atoms with Crippen LogP contribution in [0.2, 0.25) is 0 Å². The highest BCUT2D eigenvalue weighted by Crippen LogP contribution is 2.33. The van der Waals surface area contributed by atoms with E-state index in [1.54, 1.807) is 24.5 Å². The number of halogens is 1. The van der Waals surface area contributed by atoms with Crippen LogP contribution in [0.5, 0.6) is 0 Å². The quantitative estimate of drug-likeness (QED) is 0.554. The van der Waals surface area contributed by atoms with Gasteiger partial charge in [0.05, 0.1) is 5.69 Å². The Morgan fingerprint density at radius 2 is 1.64 bits per heavy atom. The first kappa shape index (κ1) is 16.3. The molecule has 0 fully saturated rings. The molecular weight excluding hydrogens is 351 g/mol. The average molecular weight is 366 g/mol. The molecule has 1 aliphatic heterocycles. The minimum atomic E-state index is -0.289. The van der Waals surface area contributed by atoms with Gasteiger partial charge in [0.25, 0.3) is 0 Å². The molecule has 0 bridgehead atoms. The highest BCUT2D eigenvalue weighted by atomic mass is 19.1. The van der Waals surface area contributed by atoms with Crippen molar-refractivity contribution in [3.05, 3.63) is 108 Å². The van der Waals surface area contributed by atoms with Crippen LogP contribution >= 0.6 is 0 Å². The van der Waals surface area contributed by atoms with Crippen molar-refractivity contribution < 1.29 is 4.39 Å². The number of aromatic nitrogens is 1. The molecule has 0 saturated carbocycles. The molecule has 0 spiro atoms. The summed E-state index contributed by atoms with van der Waals surface area (Å²) >= 11 is 0. The maximum Gasteiger partial charge on any atom is 0.154 e. The second-order valence-electron chi connectivity index (χ2n) is 6.46. The normalized spacial score (nSPS) is 13.2. The molecule has 0 saturated heterocycles. The molecular formula is C23H15FN4. The zero-order chi connectivity index (χ0) is 18.9.